The number of thiocarbonyl (C=S) groups is 1. The van der Waals surface area contributed by atoms with E-state index in [1.165, 1.54) is 20.2 Å². The van der Waals surface area contributed by atoms with Gasteiger partial charge in [0.2, 0.25) is 10.0 Å². The number of hydrogen-bond acceptors (Lipinski definition) is 4. The first-order valence-electron chi connectivity index (χ1n) is 7.77. The minimum absolute atomic E-state index is 0.0728. The number of benzene rings is 2. The summed E-state index contributed by atoms with van der Waals surface area (Å²) in [5.74, 6) is 0.295. The standard InChI is InChI=1S/C17H20ClN3O3S2/c1-4-24-15-10-9-14(11-16(15)26(22,23)21(2)3)20-17(25)19-13-7-5-12(18)6-8-13/h5-11H,4H2,1-3H3,(H2,19,20,25). The van der Waals surface area contributed by atoms with Gasteiger partial charge in [0, 0.05) is 30.5 Å². The Balaban J connectivity index is 2.24. The Hall–Kier alpha value is -1.87. The first-order chi connectivity index (χ1) is 12.2. The summed E-state index contributed by atoms with van der Waals surface area (Å²) in [5.41, 5.74) is 1.29. The van der Waals surface area contributed by atoms with Gasteiger partial charge in [-0.3, -0.25) is 0 Å². The van der Waals surface area contributed by atoms with Crippen LogP contribution >= 0.6 is 23.8 Å². The van der Waals surface area contributed by atoms with Gasteiger partial charge >= 0.3 is 0 Å². The molecule has 9 heteroatoms. The highest BCUT2D eigenvalue weighted by molar-refractivity contribution is 7.89. The Morgan fingerprint density at radius 1 is 1.12 bits per heavy atom. The van der Waals surface area contributed by atoms with E-state index >= 15 is 0 Å². The molecule has 0 heterocycles. The van der Waals surface area contributed by atoms with Crippen LogP contribution in [0.25, 0.3) is 0 Å². The second-order valence-corrected chi connectivity index (χ2v) is 8.43. The van der Waals surface area contributed by atoms with Crippen LogP contribution < -0.4 is 15.4 Å². The van der Waals surface area contributed by atoms with E-state index < -0.39 is 10.0 Å². The molecule has 0 bridgehead atoms. The molecule has 2 aromatic rings. The van der Waals surface area contributed by atoms with Gasteiger partial charge in [-0.2, -0.15) is 0 Å². The third-order valence-corrected chi connectivity index (χ3v) is 5.65. The number of ether oxygens (including phenoxy) is 1. The molecule has 2 rings (SSSR count). The van der Waals surface area contributed by atoms with Crippen LogP contribution in [0.4, 0.5) is 11.4 Å². The molecule has 0 fully saturated rings. The van der Waals surface area contributed by atoms with Crippen LogP contribution in [-0.4, -0.2) is 38.5 Å². The van der Waals surface area contributed by atoms with Crippen molar-refractivity contribution in [1.82, 2.24) is 4.31 Å². The van der Waals surface area contributed by atoms with E-state index in [2.05, 4.69) is 10.6 Å². The molecule has 0 radical (unpaired) electrons. The maximum absolute atomic E-state index is 12.5. The van der Waals surface area contributed by atoms with Crippen LogP contribution in [0.1, 0.15) is 6.92 Å². The summed E-state index contributed by atoms with van der Waals surface area (Å²) in [6.45, 7) is 2.16. The van der Waals surface area contributed by atoms with Gasteiger partial charge in [0.05, 0.1) is 6.61 Å². The second-order valence-electron chi connectivity index (χ2n) is 5.47. The number of anilines is 2. The lowest BCUT2D eigenvalue weighted by atomic mass is 10.3. The molecule has 140 valence electrons. The average molecular weight is 414 g/mol. The minimum atomic E-state index is -3.66. The number of rotatable bonds is 6. The maximum atomic E-state index is 12.5. The molecular formula is C17H20ClN3O3S2. The van der Waals surface area contributed by atoms with E-state index in [9.17, 15) is 8.42 Å². The predicted octanol–water partition coefficient (Wildman–Crippen LogP) is 3.80. The lowest BCUT2D eigenvalue weighted by Gasteiger charge is -2.17. The van der Waals surface area contributed by atoms with Crippen molar-refractivity contribution in [2.75, 3.05) is 31.3 Å². The van der Waals surface area contributed by atoms with E-state index in [4.69, 9.17) is 28.6 Å². The lowest BCUT2D eigenvalue weighted by Crippen LogP contribution is -2.24. The van der Waals surface area contributed by atoms with E-state index in [1.54, 1.807) is 43.3 Å². The molecule has 0 aromatic heterocycles. The fraction of sp³-hybridized carbons (Fsp3) is 0.235. The average Bonchev–Trinajstić information content (AvgIpc) is 2.58. The second kappa shape index (κ2) is 8.68. The van der Waals surface area contributed by atoms with Crippen molar-refractivity contribution in [2.24, 2.45) is 0 Å². The summed E-state index contributed by atoms with van der Waals surface area (Å²) in [6, 6.07) is 11.9. The van der Waals surface area contributed by atoms with Crippen LogP contribution in [0.2, 0.25) is 5.02 Å². The molecule has 2 N–H and O–H groups in total. The highest BCUT2D eigenvalue weighted by atomic mass is 35.5. The molecule has 0 saturated heterocycles. The molecular weight excluding hydrogens is 394 g/mol. The summed E-state index contributed by atoms with van der Waals surface area (Å²) < 4.78 is 31.7. The molecule has 0 spiro atoms. The van der Waals surface area contributed by atoms with Gasteiger partial charge in [0.15, 0.2) is 5.11 Å². The van der Waals surface area contributed by atoms with Crippen LogP contribution in [0.15, 0.2) is 47.4 Å². The fourth-order valence-corrected chi connectivity index (χ4v) is 3.50. The van der Waals surface area contributed by atoms with Crippen molar-refractivity contribution in [1.29, 1.82) is 0 Å². The van der Waals surface area contributed by atoms with Gasteiger partial charge < -0.3 is 15.4 Å². The van der Waals surface area contributed by atoms with Gasteiger partial charge in [0.1, 0.15) is 10.6 Å². The lowest BCUT2D eigenvalue weighted by molar-refractivity contribution is 0.330. The molecule has 0 amide bonds. The number of halogens is 1. The van der Waals surface area contributed by atoms with Gasteiger partial charge in [-0.25, -0.2) is 12.7 Å². The van der Waals surface area contributed by atoms with E-state index in [0.717, 1.165) is 9.99 Å². The molecule has 0 aliphatic rings. The molecule has 0 atom stereocenters. The van der Waals surface area contributed by atoms with Gasteiger partial charge in [0.25, 0.3) is 0 Å². The number of nitrogens with one attached hydrogen (secondary N) is 2. The Morgan fingerprint density at radius 3 is 2.27 bits per heavy atom. The van der Waals surface area contributed by atoms with Crippen molar-refractivity contribution in [3.63, 3.8) is 0 Å². The molecule has 6 nitrogen and oxygen atoms in total. The SMILES string of the molecule is CCOc1ccc(NC(=S)Nc2ccc(Cl)cc2)cc1S(=O)(=O)N(C)C. The number of sulfonamides is 1. The molecule has 0 saturated carbocycles. The predicted molar refractivity (Wildman–Crippen MR) is 110 cm³/mol. The third kappa shape index (κ3) is 5.07. The Bertz CT molecular complexity index is 885. The molecule has 0 aliphatic heterocycles. The van der Waals surface area contributed by atoms with E-state index in [0.29, 0.717) is 28.2 Å². The molecule has 2 aromatic carbocycles. The van der Waals surface area contributed by atoms with Crippen LogP contribution in [0.3, 0.4) is 0 Å². The number of nitrogens with zero attached hydrogens (tertiary/aromatic N) is 1. The summed E-state index contributed by atoms with van der Waals surface area (Å²) >= 11 is 11.1. The van der Waals surface area contributed by atoms with Crippen molar-refractivity contribution in [2.45, 2.75) is 11.8 Å². The van der Waals surface area contributed by atoms with Crippen molar-refractivity contribution < 1.29 is 13.2 Å². The monoisotopic (exact) mass is 413 g/mol. The summed E-state index contributed by atoms with van der Waals surface area (Å²) in [5, 5.41) is 6.93. The fourth-order valence-electron chi connectivity index (χ4n) is 2.09. The maximum Gasteiger partial charge on any atom is 0.246 e. The molecule has 0 aliphatic carbocycles. The first-order valence-corrected chi connectivity index (χ1v) is 9.99. The van der Waals surface area contributed by atoms with Crippen molar-refractivity contribution in [3.8, 4) is 5.75 Å². The summed E-state index contributed by atoms with van der Waals surface area (Å²) in [6.07, 6.45) is 0. The minimum Gasteiger partial charge on any atom is -0.492 e. The summed E-state index contributed by atoms with van der Waals surface area (Å²) in [7, 11) is -0.721. The van der Waals surface area contributed by atoms with Gasteiger partial charge in [-0.05, 0) is 61.6 Å². The zero-order chi connectivity index (χ0) is 19.3. The Kier molecular flexibility index (Phi) is 6.82. The van der Waals surface area contributed by atoms with Gasteiger partial charge in [-0.1, -0.05) is 11.6 Å². The van der Waals surface area contributed by atoms with Crippen molar-refractivity contribution in [3.05, 3.63) is 47.5 Å². The number of hydrogen-bond donors (Lipinski definition) is 2. The normalized spacial score (nSPS) is 11.3. The van der Waals surface area contributed by atoms with Crippen LogP contribution in [-0.2, 0) is 10.0 Å². The highest BCUT2D eigenvalue weighted by Crippen LogP contribution is 2.29. The first kappa shape index (κ1) is 20.4. The summed E-state index contributed by atoms with van der Waals surface area (Å²) in [4.78, 5) is 0.0728. The smallest absolute Gasteiger partial charge is 0.246 e. The Morgan fingerprint density at radius 2 is 1.69 bits per heavy atom. The van der Waals surface area contributed by atoms with Crippen LogP contribution in [0.5, 0.6) is 5.75 Å². The largest absolute Gasteiger partial charge is 0.492 e. The van der Waals surface area contributed by atoms with Crippen molar-refractivity contribution >= 4 is 50.3 Å². The molecule has 0 unspecified atom stereocenters. The quantitative estimate of drug-likeness (QED) is 0.702. The zero-order valence-electron chi connectivity index (χ0n) is 14.6. The van der Waals surface area contributed by atoms with E-state index in [1.807, 2.05) is 0 Å². The van der Waals surface area contributed by atoms with E-state index in [-0.39, 0.29) is 4.90 Å². The van der Waals surface area contributed by atoms with Gasteiger partial charge in [-0.15, -0.1) is 0 Å². The van der Waals surface area contributed by atoms with Crippen LogP contribution in [0, 0.1) is 0 Å². The third-order valence-electron chi connectivity index (χ3n) is 3.36. The zero-order valence-corrected chi connectivity index (χ0v) is 17.0. The highest BCUT2D eigenvalue weighted by Gasteiger charge is 2.23. The topological polar surface area (TPSA) is 70.7 Å². The molecule has 26 heavy (non-hydrogen) atoms. The Labute approximate surface area is 164 Å².